The van der Waals surface area contributed by atoms with E-state index in [-0.39, 0.29) is 18.1 Å². The van der Waals surface area contributed by atoms with E-state index in [2.05, 4.69) is 44.0 Å². The summed E-state index contributed by atoms with van der Waals surface area (Å²) in [6.07, 6.45) is 8.72. The maximum Gasteiger partial charge on any atom is 0.322 e. The summed E-state index contributed by atoms with van der Waals surface area (Å²) in [7, 11) is 1.90. The van der Waals surface area contributed by atoms with Crippen LogP contribution in [0.2, 0.25) is 0 Å². The molecule has 11 nitrogen and oxygen atoms in total. The number of hydrogen-bond donors (Lipinski definition) is 3. The van der Waals surface area contributed by atoms with Gasteiger partial charge >= 0.3 is 6.03 Å². The van der Waals surface area contributed by atoms with Gasteiger partial charge in [0.1, 0.15) is 17.5 Å². The van der Waals surface area contributed by atoms with Gasteiger partial charge in [-0.2, -0.15) is 15.3 Å². The van der Waals surface area contributed by atoms with Gasteiger partial charge in [-0.25, -0.2) is 9.78 Å². The number of carbonyl (C=O) groups is 1. The molecule has 2 aromatic carbocycles. The fourth-order valence-electron chi connectivity index (χ4n) is 5.18. The second-order valence-electron chi connectivity index (χ2n) is 10.9. The van der Waals surface area contributed by atoms with E-state index in [1.807, 2.05) is 78.9 Å². The van der Waals surface area contributed by atoms with Gasteiger partial charge in [0.2, 0.25) is 5.95 Å². The number of anilines is 3. The number of rotatable bonds is 14. The van der Waals surface area contributed by atoms with Crippen molar-refractivity contribution in [3.63, 3.8) is 0 Å². The van der Waals surface area contributed by atoms with Crippen LogP contribution in [0.25, 0.3) is 11.1 Å². The number of urea groups is 1. The van der Waals surface area contributed by atoms with Gasteiger partial charge in [0.15, 0.2) is 0 Å². The molecule has 4 aromatic rings. The molecule has 3 N–H and O–H groups in total. The summed E-state index contributed by atoms with van der Waals surface area (Å²) in [5.41, 5.74) is 4.37. The van der Waals surface area contributed by atoms with E-state index in [0.29, 0.717) is 43.6 Å². The highest BCUT2D eigenvalue weighted by molar-refractivity contribution is 5.93. The minimum Gasteiger partial charge on any atom is -0.377 e. The van der Waals surface area contributed by atoms with E-state index in [4.69, 9.17) is 4.74 Å². The molecular formula is C33H39N9O2. The van der Waals surface area contributed by atoms with E-state index in [0.717, 1.165) is 48.1 Å². The third-order valence-corrected chi connectivity index (χ3v) is 7.56. The van der Waals surface area contributed by atoms with Gasteiger partial charge in [-0.1, -0.05) is 55.8 Å². The monoisotopic (exact) mass is 593 g/mol. The lowest BCUT2D eigenvalue weighted by Gasteiger charge is -2.32. The van der Waals surface area contributed by atoms with Gasteiger partial charge in [-0.15, -0.1) is 0 Å². The molecule has 11 heteroatoms. The average molecular weight is 594 g/mol. The van der Waals surface area contributed by atoms with Crippen LogP contribution in [0, 0.1) is 11.3 Å². The Morgan fingerprint density at radius 2 is 1.91 bits per heavy atom. The van der Waals surface area contributed by atoms with Crippen molar-refractivity contribution in [1.29, 1.82) is 5.26 Å². The Morgan fingerprint density at radius 3 is 2.57 bits per heavy atom. The van der Waals surface area contributed by atoms with Crippen LogP contribution in [0.15, 0.2) is 73.2 Å². The number of nitrogens with one attached hydrogen (secondary N) is 3. The molecule has 1 saturated heterocycles. The number of benzene rings is 2. The zero-order valence-corrected chi connectivity index (χ0v) is 25.2. The third-order valence-electron chi connectivity index (χ3n) is 7.56. The lowest BCUT2D eigenvalue weighted by Crippen LogP contribution is -2.46. The number of ether oxygens (including phenoxy) is 1. The standard InChI is InChI=1S/C33H39N9O2/c1-3-8-29(11-7-16-35-32-36-19-26(17-34)31(40-32)39-28-22-44-23-28)42(33(43)37-18-24-9-5-4-6-10-24)30-14-12-25(13-15-30)27-20-38-41(2)21-27/h4-6,9-10,12-15,19-21,28-29H,3,7-8,11,16,18,22-23H2,1-2H3,(H,37,43)(H2,35,36,39,40)/t29-/m0/s1. The molecule has 1 aliphatic rings. The minimum atomic E-state index is -0.125. The number of amides is 2. The maximum absolute atomic E-state index is 13.8. The fraction of sp³-hybridized carbons (Fsp3) is 0.364. The molecule has 1 aliphatic heterocycles. The van der Waals surface area contributed by atoms with Crippen molar-refractivity contribution in [3.8, 4) is 17.2 Å². The molecule has 0 aliphatic carbocycles. The van der Waals surface area contributed by atoms with Crippen LogP contribution in [-0.2, 0) is 18.3 Å². The summed E-state index contributed by atoms with van der Waals surface area (Å²) in [5, 5.41) is 23.4. The van der Waals surface area contributed by atoms with Crippen LogP contribution in [0.3, 0.4) is 0 Å². The van der Waals surface area contributed by atoms with Gasteiger partial charge in [-0.05, 0) is 42.5 Å². The fourth-order valence-corrected chi connectivity index (χ4v) is 5.18. The highest BCUT2D eigenvalue weighted by Gasteiger charge is 2.25. The first kappa shape index (κ1) is 30.5. The SMILES string of the molecule is CCC[C@@H](CCCNc1ncc(C#N)c(NC2COC2)n1)N(C(=O)NCc1ccccc1)c1ccc(-c2cnn(C)c2)cc1. The largest absolute Gasteiger partial charge is 0.377 e. The van der Waals surface area contributed by atoms with Crippen molar-refractivity contribution in [2.75, 3.05) is 35.3 Å². The minimum absolute atomic E-state index is 0.0143. The predicted molar refractivity (Wildman–Crippen MR) is 171 cm³/mol. The number of nitriles is 1. The second kappa shape index (κ2) is 15.0. The molecule has 0 bridgehead atoms. The van der Waals surface area contributed by atoms with Gasteiger partial charge in [-0.3, -0.25) is 9.58 Å². The topological polar surface area (TPSA) is 133 Å². The summed E-state index contributed by atoms with van der Waals surface area (Å²) in [4.78, 5) is 24.5. The van der Waals surface area contributed by atoms with E-state index in [1.165, 1.54) is 6.20 Å². The number of hydrogen-bond acceptors (Lipinski definition) is 8. The smallest absolute Gasteiger partial charge is 0.322 e. The van der Waals surface area contributed by atoms with E-state index >= 15 is 0 Å². The summed E-state index contributed by atoms with van der Waals surface area (Å²) < 4.78 is 7.00. The number of nitrogens with zero attached hydrogens (tertiary/aromatic N) is 6. The van der Waals surface area contributed by atoms with Gasteiger partial charge in [0.05, 0.1) is 31.6 Å². The summed E-state index contributed by atoms with van der Waals surface area (Å²) >= 11 is 0. The Hall–Kier alpha value is -4.95. The first-order valence-electron chi connectivity index (χ1n) is 15.1. The highest BCUT2D eigenvalue weighted by Crippen LogP contribution is 2.27. The third kappa shape index (κ3) is 7.90. The van der Waals surface area contributed by atoms with Gasteiger partial charge in [0, 0.05) is 43.6 Å². The zero-order chi connectivity index (χ0) is 30.7. The molecular weight excluding hydrogens is 554 g/mol. The maximum atomic E-state index is 13.8. The van der Waals surface area contributed by atoms with Crippen LogP contribution in [-0.4, -0.2) is 57.6 Å². The number of aryl methyl sites for hydroxylation is 1. The first-order chi connectivity index (χ1) is 21.5. The van der Waals surface area contributed by atoms with E-state index < -0.39 is 0 Å². The van der Waals surface area contributed by atoms with Crippen molar-refractivity contribution in [1.82, 2.24) is 25.1 Å². The molecule has 0 saturated carbocycles. The lowest BCUT2D eigenvalue weighted by atomic mass is 10.0. The molecule has 1 atom stereocenters. The molecule has 2 amide bonds. The van der Waals surface area contributed by atoms with Crippen molar-refractivity contribution < 1.29 is 9.53 Å². The Labute approximate surface area is 258 Å². The van der Waals surface area contributed by atoms with Crippen molar-refractivity contribution >= 4 is 23.5 Å². The molecule has 3 heterocycles. The van der Waals surface area contributed by atoms with Crippen LogP contribution < -0.4 is 20.9 Å². The number of carbonyl (C=O) groups excluding carboxylic acids is 1. The number of aromatic nitrogens is 4. The Kier molecular flexibility index (Phi) is 10.4. The zero-order valence-electron chi connectivity index (χ0n) is 25.2. The first-order valence-corrected chi connectivity index (χ1v) is 15.1. The quantitative estimate of drug-likeness (QED) is 0.167. The Bertz CT molecular complexity index is 1550. The predicted octanol–water partition coefficient (Wildman–Crippen LogP) is 5.34. The molecule has 0 spiro atoms. The van der Waals surface area contributed by atoms with Crippen LogP contribution >= 0.6 is 0 Å². The normalized spacial score (nSPS) is 13.4. The molecule has 44 heavy (non-hydrogen) atoms. The summed E-state index contributed by atoms with van der Waals surface area (Å²) in [6.45, 7) is 4.40. The molecule has 0 radical (unpaired) electrons. The molecule has 2 aromatic heterocycles. The van der Waals surface area contributed by atoms with E-state index in [1.54, 1.807) is 4.68 Å². The van der Waals surface area contributed by atoms with Crippen molar-refractivity contribution in [3.05, 3.63) is 84.3 Å². The average Bonchev–Trinajstić information content (AvgIpc) is 3.47. The summed E-state index contributed by atoms with van der Waals surface area (Å²) in [5.74, 6) is 0.973. The second-order valence-corrected chi connectivity index (χ2v) is 10.9. The molecule has 228 valence electrons. The Balaban J connectivity index is 1.28. The molecule has 5 rings (SSSR count). The Morgan fingerprint density at radius 1 is 1.11 bits per heavy atom. The molecule has 0 unspecified atom stereocenters. The highest BCUT2D eigenvalue weighted by atomic mass is 16.5. The van der Waals surface area contributed by atoms with Crippen LogP contribution in [0.5, 0.6) is 0 Å². The van der Waals surface area contributed by atoms with Crippen LogP contribution in [0.1, 0.15) is 43.7 Å². The lowest BCUT2D eigenvalue weighted by molar-refractivity contribution is 0.0209. The summed E-state index contributed by atoms with van der Waals surface area (Å²) in [6, 6.07) is 20.2. The van der Waals surface area contributed by atoms with Crippen LogP contribution in [0.4, 0.5) is 22.2 Å². The van der Waals surface area contributed by atoms with Crippen molar-refractivity contribution in [2.24, 2.45) is 7.05 Å². The van der Waals surface area contributed by atoms with E-state index in [9.17, 15) is 10.1 Å². The van der Waals surface area contributed by atoms with Crippen molar-refractivity contribution in [2.45, 2.75) is 51.2 Å². The van der Waals surface area contributed by atoms with Gasteiger partial charge in [0.25, 0.3) is 0 Å². The van der Waals surface area contributed by atoms with Gasteiger partial charge < -0.3 is 20.7 Å². The molecule has 1 fully saturated rings.